The van der Waals surface area contributed by atoms with E-state index in [1.807, 2.05) is 35.2 Å². The van der Waals surface area contributed by atoms with E-state index in [4.69, 9.17) is 22.1 Å². The first-order valence-electron chi connectivity index (χ1n) is 25.5. The first-order chi connectivity index (χ1) is 35.9. The average molecular weight is 1060 g/mol. The Kier molecular flexibility index (Phi) is 14.6. The van der Waals surface area contributed by atoms with Crippen molar-refractivity contribution in [3.8, 4) is 22.6 Å². The van der Waals surface area contributed by atoms with E-state index >= 15 is 17.6 Å². The molecule has 4 aromatic carbocycles. The number of nitrogens with one attached hydrogen (secondary N) is 2. The fourth-order valence-corrected chi connectivity index (χ4v) is 12.6. The summed E-state index contributed by atoms with van der Waals surface area (Å²) in [6.07, 6.45) is 5.57. The lowest BCUT2D eigenvalue weighted by Crippen LogP contribution is -2.49. The third-order valence-corrected chi connectivity index (χ3v) is 16.6. The van der Waals surface area contributed by atoms with Crippen LogP contribution in [0, 0.1) is 35.1 Å². The summed E-state index contributed by atoms with van der Waals surface area (Å²) in [7, 11) is 1.55. The highest BCUT2D eigenvalue weighted by Gasteiger charge is 2.50. The van der Waals surface area contributed by atoms with Crippen LogP contribution >= 0.6 is 11.6 Å². The van der Waals surface area contributed by atoms with Crippen molar-refractivity contribution in [3.63, 3.8) is 0 Å². The van der Waals surface area contributed by atoms with Crippen molar-refractivity contribution in [1.82, 2.24) is 30.2 Å². The number of urea groups is 1. The minimum Gasteiger partial charge on any atom is -0.480 e. The molecule has 5 heterocycles. The molecule has 75 heavy (non-hydrogen) atoms. The molecule has 21 heteroatoms. The number of primary amides is 1. The third kappa shape index (κ3) is 9.77. The van der Waals surface area contributed by atoms with Gasteiger partial charge in [-0.05, 0) is 100 Å². The van der Waals surface area contributed by atoms with Gasteiger partial charge in [0.1, 0.15) is 22.9 Å². The summed E-state index contributed by atoms with van der Waals surface area (Å²) in [5.41, 5.74) is 4.25. The molecule has 4 fully saturated rings. The fourth-order valence-electron chi connectivity index (χ4n) is 12.3. The number of alkyl halides is 2. The van der Waals surface area contributed by atoms with Crippen LogP contribution < -0.4 is 30.7 Å². The monoisotopic (exact) mass is 1060 g/mol. The molecule has 0 unspecified atom stereocenters. The predicted octanol–water partition coefficient (Wildman–Crippen LogP) is 9.25. The molecule has 5 aliphatic rings. The van der Waals surface area contributed by atoms with Crippen molar-refractivity contribution >= 4 is 52.1 Å². The maximum absolute atomic E-state index is 16.3. The highest BCUT2D eigenvalue weighted by atomic mass is 35.5. The quantitative estimate of drug-likeness (QED) is 0.0976. The molecule has 5 amide bonds. The minimum absolute atomic E-state index is 0.0204. The van der Waals surface area contributed by atoms with Crippen molar-refractivity contribution < 1.29 is 55.0 Å². The zero-order chi connectivity index (χ0) is 53.0. The zero-order valence-corrected chi connectivity index (χ0v) is 42.1. The topological polar surface area (TPSA) is 164 Å². The van der Waals surface area contributed by atoms with E-state index in [-0.39, 0.29) is 82.5 Å². The standard InChI is InChI=1S/C54H57ClF6N8O6/c1-28-41-39(25-37(57)45(55)44(41)43-34(49(62)71)12-13-38(46(43)58)74-52(60)61)75-54(28,32-6-4-3-5-7-32)27-63-33-10-8-31(9-11-33)51(72)68-21-14-29(15-22-68)26-67-19-16-30(17-20-67)42-36(56)24-35-48(47(42)59)66(2)65-50(35)69-23-18-40(70)64-53(69)73/h3-7,12-13,24-25,28-31,33,52,63H,8-11,14-23,26-27H2,1-2H3,(H2,62,71)(H,64,70,73)/t28-,31?,33?,54-/m0/s1. The molecule has 14 nitrogen and oxygen atoms in total. The number of aromatic nitrogens is 2. The Morgan fingerprint density at radius 2 is 1.60 bits per heavy atom. The summed E-state index contributed by atoms with van der Waals surface area (Å²) >= 11 is 6.61. The van der Waals surface area contributed by atoms with Crippen LogP contribution in [0.2, 0.25) is 5.02 Å². The molecule has 4 aliphatic heterocycles. The number of likely N-dealkylation sites (tertiary alicyclic amines) is 2. The average Bonchev–Trinajstić information content (AvgIpc) is 3.90. The van der Waals surface area contributed by atoms with Crippen LogP contribution in [0.25, 0.3) is 22.0 Å². The van der Waals surface area contributed by atoms with Gasteiger partial charge in [-0.2, -0.15) is 13.9 Å². The van der Waals surface area contributed by atoms with E-state index in [0.717, 1.165) is 37.6 Å². The van der Waals surface area contributed by atoms with Gasteiger partial charge in [-0.1, -0.05) is 48.9 Å². The van der Waals surface area contributed by atoms with Crippen LogP contribution in [0.3, 0.4) is 0 Å². The molecule has 4 N–H and O–H groups in total. The molecule has 0 spiro atoms. The van der Waals surface area contributed by atoms with Gasteiger partial charge < -0.3 is 30.3 Å². The second-order valence-corrected chi connectivity index (χ2v) is 20.9. The van der Waals surface area contributed by atoms with Crippen LogP contribution in [0.5, 0.6) is 11.5 Å². The number of halogens is 7. The van der Waals surface area contributed by atoms with Crippen molar-refractivity contribution in [2.24, 2.45) is 24.6 Å². The minimum atomic E-state index is -3.40. The Morgan fingerprint density at radius 1 is 0.893 bits per heavy atom. The Balaban J connectivity index is 0.741. The summed E-state index contributed by atoms with van der Waals surface area (Å²) in [5, 5.41) is 9.84. The van der Waals surface area contributed by atoms with Crippen molar-refractivity contribution in [3.05, 3.63) is 105 Å². The molecule has 5 aromatic rings. The number of hydrogen-bond acceptors (Lipinski definition) is 9. The highest BCUT2D eigenvalue weighted by molar-refractivity contribution is 6.34. The number of anilines is 1. The largest absolute Gasteiger partial charge is 0.480 e. The molecule has 3 saturated heterocycles. The van der Waals surface area contributed by atoms with E-state index in [2.05, 4.69) is 25.4 Å². The summed E-state index contributed by atoms with van der Waals surface area (Å²) in [5.74, 6) is -6.68. The van der Waals surface area contributed by atoms with Crippen molar-refractivity contribution in [2.75, 3.05) is 50.7 Å². The van der Waals surface area contributed by atoms with E-state index in [0.29, 0.717) is 76.2 Å². The smallest absolute Gasteiger partial charge is 0.387 e. The van der Waals surface area contributed by atoms with E-state index in [1.54, 1.807) is 14.0 Å². The number of rotatable bonds is 13. The van der Waals surface area contributed by atoms with Gasteiger partial charge in [0.15, 0.2) is 28.8 Å². The number of nitrogens with two attached hydrogens (primary N) is 1. The third-order valence-electron chi connectivity index (χ3n) is 16.3. The molecule has 0 bridgehead atoms. The van der Waals surface area contributed by atoms with Gasteiger partial charge in [0, 0.05) is 92.4 Å². The maximum Gasteiger partial charge on any atom is 0.387 e. The second-order valence-electron chi connectivity index (χ2n) is 20.5. The number of carbonyl (C=O) groups excluding carboxylic acids is 4. The molecular formula is C54H57ClF6N8O6. The molecule has 2 atom stereocenters. The molecule has 0 radical (unpaired) electrons. The normalized spacial score (nSPS) is 22.9. The first kappa shape index (κ1) is 52.1. The van der Waals surface area contributed by atoms with Crippen LogP contribution in [0.4, 0.5) is 37.0 Å². The molecule has 1 aliphatic carbocycles. The Bertz CT molecular complexity index is 3050. The summed E-state index contributed by atoms with van der Waals surface area (Å²) < 4.78 is 103. The van der Waals surface area contributed by atoms with Gasteiger partial charge in [0.2, 0.25) is 17.7 Å². The number of nitrogens with zero attached hydrogens (tertiary/aromatic N) is 5. The fraction of sp³-hybridized carbons (Fsp3) is 0.463. The summed E-state index contributed by atoms with van der Waals surface area (Å²) in [4.78, 5) is 56.4. The first-order valence-corrected chi connectivity index (χ1v) is 25.9. The number of hydrogen-bond donors (Lipinski definition) is 3. The molecule has 1 saturated carbocycles. The Hall–Kier alpha value is -6.38. The number of benzene rings is 4. The molecule has 10 rings (SSSR count). The second kappa shape index (κ2) is 21.0. The SMILES string of the molecule is C[C@H]1c2c(cc(F)c(Cl)c2-c2c(C(N)=O)ccc(OC(F)F)c2F)O[C@]1(CNC1CCC(C(=O)N2CCC(CN3CCC(c4c(F)cc5c(N6CCC(=O)NC6=O)nn(C)c5c4F)CC3)CC2)CC1)c1ccccc1. The molecular weight excluding hydrogens is 1010 g/mol. The van der Waals surface area contributed by atoms with Crippen LogP contribution in [0.15, 0.2) is 54.6 Å². The number of amides is 5. The van der Waals surface area contributed by atoms with Crippen LogP contribution in [-0.2, 0) is 22.2 Å². The zero-order valence-electron chi connectivity index (χ0n) is 41.4. The predicted molar refractivity (Wildman–Crippen MR) is 267 cm³/mol. The summed E-state index contributed by atoms with van der Waals surface area (Å²) in [6.45, 7) is 2.11. The summed E-state index contributed by atoms with van der Waals surface area (Å²) in [6, 6.07) is 12.7. The number of fused-ring (bicyclic) bond motifs is 2. The number of ether oxygens (including phenoxy) is 2. The van der Waals surface area contributed by atoms with Crippen molar-refractivity contribution in [1.29, 1.82) is 0 Å². The Labute approximate surface area is 433 Å². The van der Waals surface area contributed by atoms with Crippen LogP contribution in [0.1, 0.15) is 104 Å². The van der Waals surface area contributed by atoms with Gasteiger partial charge in [0.25, 0.3) is 0 Å². The number of aryl methyl sites for hydroxylation is 1. The van der Waals surface area contributed by atoms with Gasteiger partial charge in [-0.3, -0.25) is 29.3 Å². The molecule has 1 aromatic heterocycles. The lowest BCUT2D eigenvalue weighted by Gasteiger charge is -2.40. The lowest BCUT2D eigenvalue weighted by molar-refractivity contribution is -0.138. The number of imide groups is 1. The van der Waals surface area contributed by atoms with Gasteiger partial charge in [0.05, 0.1) is 16.0 Å². The van der Waals surface area contributed by atoms with Crippen molar-refractivity contribution in [2.45, 2.75) is 94.8 Å². The van der Waals surface area contributed by atoms with E-state index in [9.17, 15) is 28.0 Å². The van der Waals surface area contributed by atoms with Gasteiger partial charge >= 0.3 is 12.6 Å². The number of piperidine rings is 2. The Morgan fingerprint density at radius 3 is 2.27 bits per heavy atom. The van der Waals surface area contributed by atoms with Crippen LogP contribution in [-0.4, -0.2) is 102 Å². The molecule has 398 valence electrons. The van der Waals surface area contributed by atoms with Gasteiger partial charge in [-0.25, -0.2) is 22.4 Å². The maximum atomic E-state index is 16.3. The number of carbonyl (C=O) groups is 4. The van der Waals surface area contributed by atoms with E-state index in [1.165, 1.54) is 15.6 Å². The van der Waals surface area contributed by atoms with Gasteiger partial charge in [-0.15, -0.1) is 0 Å². The lowest BCUT2D eigenvalue weighted by atomic mass is 9.77. The highest BCUT2D eigenvalue weighted by Crippen LogP contribution is 2.57. The van der Waals surface area contributed by atoms with E-state index < -0.39 is 81.1 Å².